The Kier molecular flexibility index (Phi) is 4.75. The molecule has 2 aliphatic rings. The number of aromatic nitrogens is 3. The van der Waals surface area contributed by atoms with Gasteiger partial charge in [0.05, 0.1) is 14.2 Å². The second-order valence-corrected chi connectivity index (χ2v) is 7.53. The van der Waals surface area contributed by atoms with Crippen molar-refractivity contribution in [3.05, 3.63) is 82.8 Å². The van der Waals surface area contributed by atoms with E-state index in [0.717, 1.165) is 42.3 Å². The Morgan fingerprint density at radius 2 is 1.67 bits per heavy atom. The third-order valence-electron chi connectivity index (χ3n) is 5.81. The number of rotatable bonds is 4. The van der Waals surface area contributed by atoms with Gasteiger partial charge in [-0.05, 0) is 71.9 Å². The van der Waals surface area contributed by atoms with Crippen molar-refractivity contribution in [3.63, 3.8) is 0 Å². The molecule has 0 amide bonds. The van der Waals surface area contributed by atoms with Crippen LogP contribution in [0.25, 0.3) is 6.08 Å². The summed E-state index contributed by atoms with van der Waals surface area (Å²) in [5.74, 6) is 2.49. The SMILES string of the molecule is COc1ccc(/C=C2\CCCC3=C2Nc2ncnn2[C@@H]3c2ccc(OC)cc2)cc1. The normalized spacial score (nSPS) is 19.1. The van der Waals surface area contributed by atoms with Crippen molar-refractivity contribution in [3.8, 4) is 11.5 Å². The zero-order valence-electron chi connectivity index (χ0n) is 17.1. The highest BCUT2D eigenvalue weighted by Crippen LogP contribution is 2.43. The van der Waals surface area contributed by atoms with Gasteiger partial charge in [0.2, 0.25) is 5.95 Å². The summed E-state index contributed by atoms with van der Waals surface area (Å²) in [5.41, 5.74) is 6.17. The molecule has 30 heavy (non-hydrogen) atoms. The predicted molar refractivity (Wildman–Crippen MR) is 117 cm³/mol. The topological polar surface area (TPSA) is 61.2 Å². The lowest BCUT2D eigenvalue weighted by Crippen LogP contribution is -2.28. The van der Waals surface area contributed by atoms with E-state index in [1.54, 1.807) is 20.5 Å². The average molecular weight is 400 g/mol. The first-order valence-corrected chi connectivity index (χ1v) is 10.2. The molecule has 0 unspecified atom stereocenters. The van der Waals surface area contributed by atoms with Crippen LogP contribution in [0.15, 0.2) is 71.7 Å². The largest absolute Gasteiger partial charge is 0.497 e. The van der Waals surface area contributed by atoms with Crippen LogP contribution in [0.5, 0.6) is 11.5 Å². The lowest BCUT2D eigenvalue weighted by atomic mass is 9.83. The van der Waals surface area contributed by atoms with Crippen LogP contribution in [-0.4, -0.2) is 29.0 Å². The molecule has 0 saturated heterocycles. The van der Waals surface area contributed by atoms with Gasteiger partial charge < -0.3 is 14.8 Å². The summed E-state index contributed by atoms with van der Waals surface area (Å²) in [7, 11) is 3.38. The zero-order valence-corrected chi connectivity index (χ0v) is 17.1. The smallest absolute Gasteiger partial charge is 0.226 e. The minimum atomic E-state index is 0.0317. The van der Waals surface area contributed by atoms with E-state index in [-0.39, 0.29) is 6.04 Å². The number of anilines is 1. The minimum Gasteiger partial charge on any atom is -0.497 e. The molecule has 1 N–H and O–H groups in total. The van der Waals surface area contributed by atoms with Gasteiger partial charge in [-0.15, -0.1) is 0 Å². The fraction of sp³-hybridized carbons (Fsp3) is 0.250. The van der Waals surface area contributed by atoms with Crippen LogP contribution in [0, 0.1) is 0 Å². The van der Waals surface area contributed by atoms with Gasteiger partial charge in [0.15, 0.2) is 0 Å². The summed E-state index contributed by atoms with van der Waals surface area (Å²) in [6, 6.07) is 16.4. The number of ether oxygens (including phenoxy) is 2. The lowest BCUT2D eigenvalue weighted by molar-refractivity contribution is 0.414. The van der Waals surface area contributed by atoms with Crippen molar-refractivity contribution in [2.24, 2.45) is 0 Å². The molecule has 1 aliphatic carbocycles. The van der Waals surface area contributed by atoms with E-state index in [4.69, 9.17) is 9.47 Å². The van der Waals surface area contributed by atoms with Crippen LogP contribution in [0.3, 0.4) is 0 Å². The molecule has 6 heteroatoms. The van der Waals surface area contributed by atoms with Crippen LogP contribution in [0.4, 0.5) is 5.95 Å². The molecular weight excluding hydrogens is 376 g/mol. The van der Waals surface area contributed by atoms with Gasteiger partial charge >= 0.3 is 0 Å². The van der Waals surface area contributed by atoms with Gasteiger partial charge in [0.1, 0.15) is 23.9 Å². The first-order chi connectivity index (χ1) is 14.8. The molecule has 0 saturated carbocycles. The number of methoxy groups -OCH3 is 2. The van der Waals surface area contributed by atoms with Crippen molar-refractivity contribution in [2.75, 3.05) is 19.5 Å². The van der Waals surface area contributed by atoms with Crippen LogP contribution in [0.1, 0.15) is 36.4 Å². The van der Waals surface area contributed by atoms with Crippen molar-refractivity contribution >= 4 is 12.0 Å². The van der Waals surface area contributed by atoms with Crippen LogP contribution in [-0.2, 0) is 0 Å². The maximum absolute atomic E-state index is 5.34. The van der Waals surface area contributed by atoms with E-state index in [2.05, 4.69) is 45.7 Å². The van der Waals surface area contributed by atoms with Gasteiger partial charge in [-0.1, -0.05) is 24.3 Å². The molecule has 6 nitrogen and oxygen atoms in total. The van der Waals surface area contributed by atoms with E-state index >= 15 is 0 Å². The van der Waals surface area contributed by atoms with Gasteiger partial charge in [0.25, 0.3) is 0 Å². The average Bonchev–Trinajstić information content (AvgIpc) is 3.27. The van der Waals surface area contributed by atoms with Gasteiger partial charge in [0, 0.05) is 5.70 Å². The van der Waals surface area contributed by atoms with E-state index in [0.29, 0.717) is 0 Å². The highest BCUT2D eigenvalue weighted by molar-refractivity contribution is 5.66. The Balaban J connectivity index is 1.58. The molecule has 3 aromatic rings. The van der Waals surface area contributed by atoms with E-state index in [1.165, 1.54) is 22.4 Å². The predicted octanol–water partition coefficient (Wildman–Crippen LogP) is 4.83. The third-order valence-corrected chi connectivity index (χ3v) is 5.81. The van der Waals surface area contributed by atoms with Gasteiger partial charge in [-0.2, -0.15) is 10.1 Å². The number of hydrogen-bond acceptors (Lipinski definition) is 5. The zero-order chi connectivity index (χ0) is 20.5. The van der Waals surface area contributed by atoms with E-state index in [1.807, 2.05) is 28.9 Å². The number of nitrogens with zero attached hydrogens (tertiary/aromatic N) is 3. The number of hydrogen-bond donors (Lipinski definition) is 1. The van der Waals surface area contributed by atoms with Crippen molar-refractivity contribution < 1.29 is 9.47 Å². The molecule has 2 heterocycles. The summed E-state index contributed by atoms with van der Waals surface area (Å²) < 4.78 is 12.6. The van der Waals surface area contributed by atoms with Crippen molar-refractivity contribution in [1.29, 1.82) is 0 Å². The first-order valence-electron chi connectivity index (χ1n) is 10.2. The summed E-state index contributed by atoms with van der Waals surface area (Å²) in [4.78, 5) is 4.46. The molecule has 0 spiro atoms. The number of nitrogens with one attached hydrogen (secondary N) is 1. The summed E-state index contributed by atoms with van der Waals surface area (Å²) in [6.07, 6.45) is 7.04. The summed E-state index contributed by atoms with van der Waals surface area (Å²) >= 11 is 0. The molecule has 1 aromatic heterocycles. The molecule has 1 atom stereocenters. The Hall–Kier alpha value is -3.54. The highest BCUT2D eigenvalue weighted by atomic mass is 16.5. The lowest BCUT2D eigenvalue weighted by Gasteiger charge is -2.34. The summed E-state index contributed by atoms with van der Waals surface area (Å²) in [5, 5.41) is 8.07. The Morgan fingerprint density at radius 3 is 2.37 bits per heavy atom. The Bertz CT molecular complexity index is 1110. The van der Waals surface area contributed by atoms with Gasteiger partial charge in [-0.3, -0.25) is 0 Å². The Labute approximate surface area is 175 Å². The molecule has 1 aliphatic heterocycles. The first kappa shape index (κ1) is 18.5. The van der Waals surface area contributed by atoms with E-state index < -0.39 is 0 Å². The maximum atomic E-state index is 5.34. The van der Waals surface area contributed by atoms with Crippen molar-refractivity contribution in [2.45, 2.75) is 25.3 Å². The molecule has 0 radical (unpaired) electrons. The van der Waals surface area contributed by atoms with Crippen LogP contribution >= 0.6 is 0 Å². The number of fused-ring (bicyclic) bond motifs is 1. The van der Waals surface area contributed by atoms with Crippen LogP contribution < -0.4 is 14.8 Å². The third kappa shape index (κ3) is 3.24. The molecule has 0 bridgehead atoms. The molecule has 5 rings (SSSR count). The van der Waals surface area contributed by atoms with Crippen molar-refractivity contribution in [1.82, 2.24) is 14.8 Å². The fourth-order valence-electron chi connectivity index (χ4n) is 4.32. The fourth-order valence-corrected chi connectivity index (χ4v) is 4.32. The second-order valence-electron chi connectivity index (χ2n) is 7.53. The standard InChI is InChI=1S/C24H24N4O2/c1-29-19-10-6-16(7-11-19)14-18-4-3-5-21-22(18)27-24-25-15-26-28(24)23(21)17-8-12-20(30-2)13-9-17/h6-15,23H,3-5H2,1-2H3,(H,25,26,27)/b18-14+/t23-/m1/s1. The quantitative estimate of drug-likeness (QED) is 0.680. The maximum Gasteiger partial charge on any atom is 0.226 e. The van der Waals surface area contributed by atoms with E-state index in [9.17, 15) is 0 Å². The molecule has 2 aromatic carbocycles. The highest BCUT2D eigenvalue weighted by Gasteiger charge is 2.33. The monoisotopic (exact) mass is 400 g/mol. The Morgan fingerprint density at radius 1 is 0.967 bits per heavy atom. The molecule has 0 fully saturated rings. The van der Waals surface area contributed by atoms with Crippen LogP contribution in [0.2, 0.25) is 0 Å². The number of allylic oxidation sites excluding steroid dienone is 2. The van der Waals surface area contributed by atoms with Gasteiger partial charge in [-0.25, -0.2) is 4.68 Å². The second kappa shape index (κ2) is 7.71. The summed E-state index contributed by atoms with van der Waals surface area (Å²) in [6.45, 7) is 0. The minimum absolute atomic E-state index is 0.0317. The molecule has 152 valence electrons. The molecular formula is C24H24N4O2. The number of benzene rings is 2.